The summed E-state index contributed by atoms with van der Waals surface area (Å²) < 4.78 is 10.4. The van der Waals surface area contributed by atoms with Gasteiger partial charge in [-0.25, -0.2) is 9.59 Å². The van der Waals surface area contributed by atoms with Crippen molar-refractivity contribution in [3.05, 3.63) is 12.2 Å². The standard InChI is InChI=1S/C38H72O4/c1-3-5-7-9-11-13-15-17-19-20-22-24-26-28-30-32-36-42-38(40)34-33-37(39)41-35-31-29-27-25-23-21-18-16-14-12-10-8-6-4-2/h33-34H,3-32,35-36H2,1-2H3/b34-33+. The molecule has 42 heavy (non-hydrogen) atoms. The molecule has 0 aliphatic heterocycles. The fraction of sp³-hybridized carbons (Fsp3) is 0.895. The Morgan fingerprint density at radius 3 is 0.738 bits per heavy atom. The van der Waals surface area contributed by atoms with Crippen LogP contribution in [-0.2, 0) is 19.1 Å². The van der Waals surface area contributed by atoms with Crippen LogP contribution in [-0.4, -0.2) is 25.2 Å². The lowest BCUT2D eigenvalue weighted by Crippen LogP contribution is -2.06. The molecule has 0 aliphatic carbocycles. The smallest absolute Gasteiger partial charge is 0.331 e. The molecule has 248 valence electrons. The minimum atomic E-state index is -0.455. The molecule has 0 N–H and O–H groups in total. The van der Waals surface area contributed by atoms with Crippen LogP contribution in [0.5, 0.6) is 0 Å². The van der Waals surface area contributed by atoms with Gasteiger partial charge in [-0.05, 0) is 12.8 Å². The fourth-order valence-corrected chi connectivity index (χ4v) is 5.52. The summed E-state index contributed by atoms with van der Waals surface area (Å²) in [6.07, 6.45) is 41.8. The second-order valence-corrected chi connectivity index (χ2v) is 12.6. The lowest BCUT2D eigenvalue weighted by atomic mass is 10.0. The van der Waals surface area contributed by atoms with Crippen molar-refractivity contribution in [3.63, 3.8) is 0 Å². The van der Waals surface area contributed by atoms with E-state index < -0.39 is 11.9 Å². The number of esters is 2. The van der Waals surface area contributed by atoms with Gasteiger partial charge in [-0.2, -0.15) is 0 Å². The molecule has 0 rings (SSSR count). The molecule has 0 aromatic carbocycles. The lowest BCUT2D eigenvalue weighted by Gasteiger charge is -2.04. The van der Waals surface area contributed by atoms with E-state index in [4.69, 9.17) is 9.47 Å². The highest BCUT2D eigenvalue weighted by Crippen LogP contribution is 2.15. The van der Waals surface area contributed by atoms with E-state index in [-0.39, 0.29) is 0 Å². The number of hydrogen-bond acceptors (Lipinski definition) is 4. The Morgan fingerprint density at radius 1 is 0.333 bits per heavy atom. The van der Waals surface area contributed by atoms with Gasteiger partial charge in [0.15, 0.2) is 0 Å². The average Bonchev–Trinajstić information content (AvgIpc) is 2.99. The number of rotatable bonds is 34. The zero-order valence-electron chi connectivity index (χ0n) is 28.4. The first kappa shape index (κ1) is 40.7. The van der Waals surface area contributed by atoms with Crippen molar-refractivity contribution in [1.82, 2.24) is 0 Å². The number of carbonyl (C=O) groups is 2. The van der Waals surface area contributed by atoms with Crippen LogP contribution in [0, 0.1) is 0 Å². The minimum absolute atomic E-state index is 0.426. The summed E-state index contributed by atoms with van der Waals surface area (Å²) >= 11 is 0. The Kier molecular flexibility index (Phi) is 34.7. The first-order valence-corrected chi connectivity index (χ1v) is 18.7. The molecule has 0 fully saturated rings. The summed E-state index contributed by atoms with van der Waals surface area (Å²) in [5.74, 6) is -0.909. The Hall–Kier alpha value is -1.32. The summed E-state index contributed by atoms with van der Waals surface area (Å²) in [5.41, 5.74) is 0. The van der Waals surface area contributed by atoms with E-state index in [2.05, 4.69) is 13.8 Å². The van der Waals surface area contributed by atoms with E-state index in [0.717, 1.165) is 25.7 Å². The van der Waals surface area contributed by atoms with E-state index in [1.54, 1.807) is 0 Å². The van der Waals surface area contributed by atoms with Crippen LogP contribution in [0.3, 0.4) is 0 Å². The van der Waals surface area contributed by atoms with Crippen molar-refractivity contribution in [2.45, 2.75) is 206 Å². The summed E-state index contributed by atoms with van der Waals surface area (Å²) in [7, 11) is 0. The van der Waals surface area contributed by atoms with Crippen LogP contribution in [0.15, 0.2) is 12.2 Å². The topological polar surface area (TPSA) is 52.6 Å². The van der Waals surface area contributed by atoms with E-state index in [1.807, 2.05) is 0 Å². The van der Waals surface area contributed by atoms with Gasteiger partial charge in [0, 0.05) is 12.2 Å². The Morgan fingerprint density at radius 2 is 0.524 bits per heavy atom. The molecule has 0 heterocycles. The maximum atomic E-state index is 11.8. The fourth-order valence-electron chi connectivity index (χ4n) is 5.52. The van der Waals surface area contributed by atoms with Crippen LogP contribution in [0.25, 0.3) is 0 Å². The van der Waals surface area contributed by atoms with Crippen LogP contribution >= 0.6 is 0 Å². The molecular formula is C38H72O4. The van der Waals surface area contributed by atoms with Crippen LogP contribution in [0.4, 0.5) is 0 Å². The normalized spacial score (nSPS) is 11.4. The summed E-state index contributed by atoms with van der Waals surface area (Å²) in [4.78, 5) is 23.6. The first-order chi connectivity index (χ1) is 20.7. The molecule has 4 nitrogen and oxygen atoms in total. The Bertz CT molecular complexity index is 586. The Labute approximate surface area is 262 Å². The van der Waals surface area contributed by atoms with E-state index in [9.17, 15) is 9.59 Å². The van der Waals surface area contributed by atoms with Gasteiger partial charge < -0.3 is 9.47 Å². The maximum Gasteiger partial charge on any atom is 0.331 e. The van der Waals surface area contributed by atoms with Gasteiger partial charge in [0.1, 0.15) is 0 Å². The van der Waals surface area contributed by atoms with Gasteiger partial charge in [0.25, 0.3) is 0 Å². The van der Waals surface area contributed by atoms with E-state index >= 15 is 0 Å². The molecule has 4 heteroatoms. The van der Waals surface area contributed by atoms with Crippen molar-refractivity contribution >= 4 is 11.9 Å². The van der Waals surface area contributed by atoms with Gasteiger partial charge in [0.2, 0.25) is 0 Å². The molecule has 0 atom stereocenters. The summed E-state index contributed by atoms with van der Waals surface area (Å²) in [6, 6.07) is 0. The van der Waals surface area contributed by atoms with Crippen molar-refractivity contribution < 1.29 is 19.1 Å². The number of unbranched alkanes of at least 4 members (excludes halogenated alkanes) is 28. The SMILES string of the molecule is CCCCCCCCCCCCCCCCCCOC(=O)/C=C/C(=O)OCCCCCCCCCCCCCCCC. The van der Waals surface area contributed by atoms with Crippen molar-refractivity contribution in [3.8, 4) is 0 Å². The third-order valence-electron chi connectivity index (χ3n) is 8.34. The van der Waals surface area contributed by atoms with Gasteiger partial charge in [-0.15, -0.1) is 0 Å². The predicted molar refractivity (Wildman–Crippen MR) is 181 cm³/mol. The maximum absolute atomic E-state index is 11.8. The molecule has 0 spiro atoms. The third-order valence-corrected chi connectivity index (χ3v) is 8.34. The van der Waals surface area contributed by atoms with Crippen molar-refractivity contribution in [2.75, 3.05) is 13.2 Å². The zero-order chi connectivity index (χ0) is 30.6. The second kappa shape index (κ2) is 35.9. The zero-order valence-corrected chi connectivity index (χ0v) is 28.4. The van der Waals surface area contributed by atoms with E-state index in [0.29, 0.717) is 13.2 Å². The number of ether oxygens (including phenoxy) is 2. The molecule has 0 saturated carbocycles. The second-order valence-electron chi connectivity index (χ2n) is 12.6. The van der Waals surface area contributed by atoms with Gasteiger partial charge in [-0.1, -0.05) is 194 Å². The number of carbonyl (C=O) groups excluding carboxylic acids is 2. The highest BCUT2D eigenvalue weighted by atomic mass is 16.5. The molecule has 0 radical (unpaired) electrons. The first-order valence-electron chi connectivity index (χ1n) is 18.7. The number of hydrogen-bond donors (Lipinski definition) is 0. The Balaban J connectivity index is 3.33. The van der Waals surface area contributed by atoms with Crippen LogP contribution in [0.1, 0.15) is 206 Å². The van der Waals surface area contributed by atoms with Gasteiger partial charge >= 0.3 is 11.9 Å². The molecule has 0 amide bonds. The molecule has 0 bridgehead atoms. The molecule has 0 aliphatic rings. The van der Waals surface area contributed by atoms with Crippen LogP contribution < -0.4 is 0 Å². The monoisotopic (exact) mass is 593 g/mol. The molecule has 0 aromatic rings. The van der Waals surface area contributed by atoms with Crippen LogP contribution in [0.2, 0.25) is 0 Å². The van der Waals surface area contributed by atoms with Crippen molar-refractivity contribution in [2.24, 2.45) is 0 Å². The quantitative estimate of drug-likeness (QED) is 0.0423. The summed E-state index contributed by atoms with van der Waals surface area (Å²) in [5, 5.41) is 0. The largest absolute Gasteiger partial charge is 0.463 e. The average molecular weight is 593 g/mol. The van der Waals surface area contributed by atoms with Gasteiger partial charge in [-0.3, -0.25) is 0 Å². The highest BCUT2D eigenvalue weighted by Gasteiger charge is 2.02. The molecule has 0 unspecified atom stereocenters. The predicted octanol–water partition coefficient (Wildman–Crippen LogP) is 12.4. The minimum Gasteiger partial charge on any atom is -0.463 e. The third kappa shape index (κ3) is 34.9. The molecule has 0 aromatic heterocycles. The van der Waals surface area contributed by atoms with Crippen molar-refractivity contribution in [1.29, 1.82) is 0 Å². The molecule has 0 saturated heterocycles. The lowest BCUT2D eigenvalue weighted by molar-refractivity contribution is -0.140. The van der Waals surface area contributed by atoms with Gasteiger partial charge in [0.05, 0.1) is 13.2 Å². The van der Waals surface area contributed by atoms with E-state index in [1.165, 1.54) is 179 Å². The highest BCUT2D eigenvalue weighted by molar-refractivity contribution is 5.91. The summed E-state index contributed by atoms with van der Waals surface area (Å²) in [6.45, 7) is 5.40. The molecular weight excluding hydrogens is 520 g/mol.